The number of carboxylic acids is 1. The molecule has 0 spiro atoms. The zero-order valence-corrected chi connectivity index (χ0v) is 14.8. The van der Waals surface area contributed by atoms with Crippen molar-refractivity contribution in [1.29, 1.82) is 5.26 Å². The molecule has 1 heterocycles. The Morgan fingerprint density at radius 3 is 2.64 bits per heavy atom. The highest BCUT2D eigenvalue weighted by atomic mass is 16.5. The third-order valence-electron chi connectivity index (χ3n) is 4.20. The number of benzene rings is 2. The van der Waals surface area contributed by atoms with Gasteiger partial charge in [0.15, 0.2) is 0 Å². The van der Waals surface area contributed by atoms with Crippen LogP contribution in [-0.4, -0.2) is 40.9 Å². The first-order valence-corrected chi connectivity index (χ1v) is 8.53. The summed E-state index contributed by atoms with van der Waals surface area (Å²) in [6.07, 6.45) is -0.247. The van der Waals surface area contributed by atoms with Crippen LogP contribution in [0.3, 0.4) is 0 Å². The molecule has 0 unspecified atom stereocenters. The summed E-state index contributed by atoms with van der Waals surface area (Å²) in [6, 6.07) is 13.7. The molecule has 0 aliphatic carbocycles. The fourth-order valence-corrected chi connectivity index (χ4v) is 2.76. The van der Waals surface area contributed by atoms with E-state index in [0.717, 1.165) is 5.56 Å². The first-order chi connectivity index (χ1) is 13.5. The zero-order valence-electron chi connectivity index (χ0n) is 14.8. The van der Waals surface area contributed by atoms with E-state index < -0.39 is 11.9 Å². The summed E-state index contributed by atoms with van der Waals surface area (Å²) in [5, 5.41) is 20.3. The topological polar surface area (TPSA) is 120 Å². The van der Waals surface area contributed by atoms with E-state index in [4.69, 9.17) is 15.1 Å². The lowest BCUT2D eigenvalue weighted by Crippen LogP contribution is -2.36. The number of carbonyl (C=O) groups is 3. The van der Waals surface area contributed by atoms with Crippen molar-refractivity contribution in [2.24, 2.45) is 0 Å². The van der Waals surface area contributed by atoms with Crippen LogP contribution in [0, 0.1) is 11.3 Å². The average molecular weight is 379 g/mol. The maximum Gasteiger partial charge on any atom is 0.305 e. The van der Waals surface area contributed by atoms with Crippen molar-refractivity contribution >= 4 is 23.5 Å². The minimum Gasteiger partial charge on any atom is -0.489 e. The van der Waals surface area contributed by atoms with Gasteiger partial charge in [-0.1, -0.05) is 12.1 Å². The number of rotatable bonds is 6. The molecule has 142 valence electrons. The number of nitrogens with zero attached hydrogens (tertiary/aromatic N) is 2. The first kappa shape index (κ1) is 18.9. The maximum absolute atomic E-state index is 12.7. The van der Waals surface area contributed by atoms with E-state index in [9.17, 15) is 14.4 Å². The second-order valence-corrected chi connectivity index (χ2v) is 6.22. The largest absolute Gasteiger partial charge is 0.489 e. The van der Waals surface area contributed by atoms with E-state index >= 15 is 0 Å². The molecule has 3 rings (SSSR count). The van der Waals surface area contributed by atoms with Crippen molar-refractivity contribution < 1.29 is 24.2 Å². The smallest absolute Gasteiger partial charge is 0.305 e. The van der Waals surface area contributed by atoms with Gasteiger partial charge < -0.3 is 20.1 Å². The highest BCUT2D eigenvalue weighted by Crippen LogP contribution is 2.26. The van der Waals surface area contributed by atoms with Gasteiger partial charge in [-0.2, -0.15) is 5.26 Å². The van der Waals surface area contributed by atoms with Crippen LogP contribution in [0.1, 0.15) is 27.9 Å². The molecule has 0 saturated heterocycles. The Bertz CT molecular complexity index is 963. The molecule has 0 bridgehead atoms. The predicted molar refractivity (Wildman–Crippen MR) is 98.7 cm³/mol. The number of carbonyl (C=O) groups excluding carboxylic acids is 2. The summed E-state index contributed by atoms with van der Waals surface area (Å²) in [4.78, 5) is 36.7. The normalized spacial score (nSPS) is 13.2. The number of carboxylic acid groups (broad SMARTS) is 1. The number of ether oxygens (including phenoxy) is 1. The fourth-order valence-electron chi connectivity index (χ4n) is 2.76. The van der Waals surface area contributed by atoms with Gasteiger partial charge in [-0.25, -0.2) is 0 Å². The van der Waals surface area contributed by atoms with Gasteiger partial charge in [-0.15, -0.1) is 0 Å². The van der Waals surface area contributed by atoms with Gasteiger partial charge in [0.05, 0.1) is 29.3 Å². The molecule has 2 amide bonds. The molecule has 8 heteroatoms. The van der Waals surface area contributed by atoms with E-state index in [0.29, 0.717) is 17.0 Å². The van der Waals surface area contributed by atoms with Crippen molar-refractivity contribution in [2.45, 2.75) is 13.0 Å². The van der Waals surface area contributed by atoms with Crippen LogP contribution in [-0.2, 0) is 16.2 Å². The van der Waals surface area contributed by atoms with E-state index in [1.807, 2.05) is 6.07 Å². The number of amides is 2. The Labute approximate surface area is 160 Å². The Kier molecular flexibility index (Phi) is 5.56. The zero-order chi connectivity index (χ0) is 20.1. The predicted octanol–water partition coefficient (Wildman–Crippen LogP) is 2.01. The number of hydrogen-bond donors (Lipinski definition) is 2. The summed E-state index contributed by atoms with van der Waals surface area (Å²) in [7, 11) is 0. The second-order valence-electron chi connectivity index (χ2n) is 6.22. The van der Waals surface area contributed by atoms with Crippen LogP contribution >= 0.6 is 0 Å². The molecule has 0 aromatic heterocycles. The minimum atomic E-state index is -1.04. The lowest BCUT2D eigenvalue weighted by Gasteiger charge is -2.18. The number of aliphatic carboxylic acids is 1. The second kappa shape index (κ2) is 8.22. The van der Waals surface area contributed by atoms with Gasteiger partial charge in [0.2, 0.25) is 5.91 Å². The van der Waals surface area contributed by atoms with Crippen molar-refractivity contribution in [1.82, 2.24) is 4.90 Å². The molecule has 0 fully saturated rings. The fraction of sp³-hybridized carbons (Fsp3) is 0.200. The van der Waals surface area contributed by atoms with Gasteiger partial charge in [0.1, 0.15) is 18.9 Å². The van der Waals surface area contributed by atoms with Gasteiger partial charge in [-0.05, 0) is 35.9 Å². The Morgan fingerprint density at radius 2 is 1.96 bits per heavy atom. The van der Waals surface area contributed by atoms with E-state index in [2.05, 4.69) is 5.32 Å². The van der Waals surface area contributed by atoms with Crippen LogP contribution in [0.5, 0.6) is 5.75 Å². The highest BCUT2D eigenvalue weighted by Gasteiger charge is 2.27. The first-order valence-electron chi connectivity index (χ1n) is 8.53. The Balaban J connectivity index is 1.77. The van der Waals surface area contributed by atoms with Crippen molar-refractivity contribution in [3.8, 4) is 11.8 Å². The number of anilines is 1. The van der Waals surface area contributed by atoms with Gasteiger partial charge >= 0.3 is 5.97 Å². The number of nitriles is 1. The number of nitrogens with one attached hydrogen (secondary N) is 1. The van der Waals surface area contributed by atoms with Crippen LogP contribution in [0.15, 0.2) is 42.5 Å². The van der Waals surface area contributed by atoms with Gasteiger partial charge in [-0.3, -0.25) is 14.4 Å². The molecule has 0 saturated carbocycles. The summed E-state index contributed by atoms with van der Waals surface area (Å²) in [6.45, 7) is -0.0205. The molecule has 1 aliphatic rings. The summed E-state index contributed by atoms with van der Waals surface area (Å²) in [5.74, 6) is -1.43. The van der Waals surface area contributed by atoms with Crippen LogP contribution < -0.4 is 10.1 Å². The monoisotopic (exact) mass is 379 g/mol. The molecular formula is C20H17N3O5. The van der Waals surface area contributed by atoms with E-state index in [1.165, 1.54) is 11.0 Å². The third-order valence-corrected chi connectivity index (χ3v) is 4.20. The standard InChI is InChI=1S/C20H17N3O5/c21-10-13-1-3-14(4-2-13)12-28-15-5-6-17-16(9-15)20(27)23(8-7-19(25)26)11-18(24)22-17/h1-6,9H,7-8,11-12H2,(H,22,24)(H,25,26). The molecule has 0 radical (unpaired) electrons. The molecule has 8 nitrogen and oxygen atoms in total. The third kappa shape index (κ3) is 4.45. The van der Waals surface area contributed by atoms with Crippen molar-refractivity contribution in [3.05, 3.63) is 59.2 Å². The van der Waals surface area contributed by atoms with Gasteiger partial charge in [0.25, 0.3) is 5.91 Å². The minimum absolute atomic E-state index is 0.0582. The summed E-state index contributed by atoms with van der Waals surface area (Å²) >= 11 is 0. The van der Waals surface area contributed by atoms with E-state index in [1.54, 1.807) is 36.4 Å². The molecule has 2 N–H and O–H groups in total. The Morgan fingerprint density at radius 1 is 1.21 bits per heavy atom. The lowest BCUT2D eigenvalue weighted by molar-refractivity contribution is -0.137. The SMILES string of the molecule is N#Cc1ccc(COc2ccc3c(c2)C(=O)N(CCC(=O)O)CC(=O)N3)cc1. The molecule has 0 atom stereocenters. The van der Waals surface area contributed by atoms with Crippen molar-refractivity contribution in [2.75, 3.05) is 18.4 Å². The Hall–Kier alpha value is -3.86. The van der Waals surface area contributed by atoms with Gasteiger partial charge in [0, 0.05) is 6.54 Å². The van der Waals surface area contributed by atoms with Crippen molar-refractivity contribution in [3.63, 3.8) is 0 Å². The summed E-state index contributed by atoms with van der Waals surface area (Å²) in [5.41, 5.74) is 2.01. The molecule has 1 aliphatic heterocycles. The molecule has 2 aromatic carbocycles. The van der Waals surface area contributed by atoms with Crippen LogP contribution in [0.4, 0.5) is 5.69 Å². The van der Waals surface area contributed by atoms with Crippen LogP contribution in [0.25, 0.3) is 0 Å². The number of fused-ring (bicyclic) bond motifs is 1. The highest BCUT2D eigenvalue weighted by molar-refractivity contribution is 6.08. The summed E-state index contributed by atoms with van der Waals surface area (Å²) < 4.78 is 5.72. The molecule has 2 aromatic rings. The lowest BCUT2D eigenvalue weighted by atomic mass is 10.1. The van der Waals surface area contributed by atoms with Crippen LogP contribution in [0.2, 0.25) is 0 Å². The molecular weight excluding hydrogens is 362 g/mol. The average Bonchev–Trinajstić information content (AvgIpc) is 2.81. The molecule has 28 heavy (non-hydrogen) atoms. The quantitative estimate of drug-likeness (QED) is 0.792. The van der Waals surface area contributed by atoms with E-state index in [-0.39, 0.29) is 37.6 Å². The number of hydrogen-bond acceptors (Lipinski definition) is 5. The maximum atomic E-state index is 12.7.